The minimum Gasteiger partial charge on any atom is -0.494 e. The van der Waals surface area contributed by atoms with E-state index in [1.165, 1.54) is 0 Å². The van der Waals surface area contributed by atoms with Gasteiger partial charge in [-0.25, -0.2) is 14.5 Å². The van der Waals surface area contributed by atoms with Gasteiger partial charge in [0.25, 0.3) is 0 Å². The molecule has 1 aliphatic heterocycles. The molecule has 4 heterocycles. The number of benzene rings is 1. The molecule has 0 radical (unpaired) electrons. The van der Waals surface area contributed by atoms with Crippen molar-refractivity contribution in [2.45, 2.75) is 6.92 Å². The van der Waals surface area contributed by atoms with Crippen molar-refractivity contribution in [3.63, 3.8) is 0 Å². The number of pyridine rings is 1. The summed E-state index contributed by atoms with van der Waals surface area (Å²) in [5, 5.41) is 11.1. The highest BCUT2D eigenvalue weighted by atomic mass is 16.5. The van der Waals surface area contributed by atoms with Crippen LogP contribution in [0.25, 0.3) is 16.8 Å². The first-order chi connectivity index (χ1) is 15.2. The molecule has 1 aromatic carbocycles. The van der Waals surface area contributed by atoms with E-state index in [0.717, 1.165) is 65.6 Å². The van der Waals surface area contributed by atoms with Crippen molar-refractivity contribution in [3.05, 3.63) is 60.6 Å². The molecule has 2 N–H and O–H groups in total. The molecule has 4 aromatic rings. The number of methoxy groups -OCH3 is 1. The molecule has 8 heteroatoms. The number of aryl methyl sites for hydroxylation is 1. The third-order valence-electron chi connectivity index (χ3n) is 5.57. The first-order valence-corrected chi connectivity index (χ1v) is 10.4. The summed E-state index contributed by atoms with van der Waals surface area (Å²) in [5.74, 6) is 1.28. The maximum absolute atomic E-state index is 5.66. The van der Waals surface area contributed by atoms with Crippen LogP contribution in [0.15, 0.2) is 55.0 Å². The van der Waals surface area contributed by atoms with Crippen LogP contribution in [-0.4, -0.2) is 52.9 Å². The van der Waals surface area contributed by atoms with E-state index >= 15 is 0 Å². The van der Waals surface area contributed by atoms with Gasteiger partial charge in [0.05, 0.1) is 30.2 Å². The van der Waals surface area contributed by atoms with Gasteiger partial charge in [-0.15, -0.1) is 0 Å². The highest BCUT2D eigenvalue weighted by Crippen LogP contribution is 2.32. The Labute approximate surface area is 180 Å². The zero-order chi connectivity index (χ0) is 21.2. The minimum atomic E-state index is 0.518. The Bertz CT molecular complexity index is 1210. The molecule has 8 nitrogen and oxygen atoms in total. The lowest BCUT2D eigenvalue weighted by molar-refractivity contribution is 0.416. The van der Waals surface area contributed by atoms with Gasteiger partial charge in [-0.3, -0.25) is 0 Å². The predicted molar refractivity (Wildman–Crippen MR) is 122 cm³/mol. The Morgan fingerprint density at radius 2 is 1.97 bits per heavy atom. The SMILES string of the molecule is COc1cc(N2CCNCC2)ccc1Nc1ncc(C)c(-c2cnn3ccccc23)n1. The molecular weight excluding hydrogens is 390 g/mol. The maximum Gasteiger partial charge on any atom is 0.227 e. The number of anilines is 3. The van der Waals surface area contributed by atoms with Gasteiger partial charge >= 0.3 is 0 Å². The van der Waals surface area contributed by atoms with E-state index in [4.69, 9.17) is 9.72 Å². The van der Waals surface area contributed by atoms with E-state index in [0.29, 0.717) is 5.95 Å². The molecule has 0 unspecified atom stereocenters. The van der Waals surface area contributed by atoms with Crippen LogP contribution in [0.3, 0.4) is 0 Å². The van der Waals surface area contributed by atoms with Crippen LogP contribution in [0, 0.1) is 6.92 Å². The Morgan fingerprint density at radius 3 is 2.81 bits per heavy atom. The van der Waals surface area contributed by atoms with Gasteiger partial charge in [-0.1, -0.05) is 6.07 Å². The van der Waals surface area contributed by atoms with Gasteiger partial charge in [0, 0.05) is 55.9 Å². The van der Waals surface area contributed by atoms with E-state index < -0.39 is 0 Å². The van der Waals surface area contributed by atoms with Gasteiger partial charge in [0.2, 0.25) is 5.95 Å². The Hall–Kier alpha value is -3.65. The molecule has 0 bridgehead atoms. The van der Waals surface area contributed by atoms with Crippen LogP contribution in [0.1, 0.15) is 5.56 Å². The van der Waals surface area contributed by atoms with Crippen LogP contribution in [0.2, 0.25) is 0 Å². The van der Waals surface area contributed by atoms with Crippen molar-refractivity contribution in [1.82, 2.24) is 24.9 Å². The minimum absolute atomic E-state index is 0.518. The standard InChI is InChI=1S/C23H25N7O/c1-16-14-25-23(28-22(16)18-15-26-30-10-4-3-5-20(18)30)27-19-7-6-17(13-21(19)31-2)29-11-8-24-9-12-29/h3-7,10,13-15,24H,8-9,11-12H2,1-2H3,(H,25,27,28). The summed E-state index contributed by atoms with van der Waals surface area (Å²) >= 11 is 0. The summed E-state index contributed by atoms with van der Waals surface area (Å²) in [6.07, 6.45) is 5.61. The molecule has 0 aliphatic carbocycles. The van der Waals surface area contributed by atoms with E-state index in [-0.39, 0.29) is 0 Å². The van der Waals surface area contributed by atoms with Crippen molar-refractivity contribution in [3.8, 4) is 17.0 Å². The number of piperazine rings is 1. The molecule has 3 aromatic heterocycles. The lowest BCUT2D eigenvalue weighted by Gasteiger charge is -2.30. The largest absolute Gasteiger partial charge is 0.494 e. The number of fused-ring (bicyclic) bond motifs is 1. The number of nitrogens with one attached hydrogen (secondary N) is 2. The van der Waals surface area contributed by atoms with Gasteiger partial charge in [0.15, 0.2) is 0 Å². The molecule has 0 spiro atoms. The van der Waals surface area contributed by atoms with Crippen LogP contribution >= 0.6 is 0 Å². The maximum atomic E-state index is 5.66. The van der Waals surface area contributed by atoms with Crippen LogP contribution in [0.5, 0.6) is 5.75 Å². The molecular formula is C23H25N7O. The first-order valence-electron chi connectivity index (χ1n) is 10.4. The van der Waals surface area contributed by atoms with Gasteiger partial charge in [0.1, 0.15) is 5.75 Å². The highest BCUT2D eigenvalue weighted by molar-refractivity contribution is 5.80. The van der Waals surface area contributed by atoms with E-state index in [1.807, 2.05) is 54.3 Å². The van der Waals surface area contributed by atoms with Crippen molar-refractivity contribution >= 4 is 22.8 Å². The van der Waals surface area contributed by atoms with Gasteiger partial charge in [-0.05, 0) is 36.8 Å². The van der Waals surface area contributed by atoms with E-state index in [2.05, 4.69) is 37.7 Å². The summed E-state index contributed by atoms with van der Waals surface area (Å²) < 4.78 is 7.51. The number of aromatic nitrogens is 4. The summed E-state index contributed by atoms with van der Waals surface area (Å²) in [6, 6.07) is 12.2. The monoisotopic (exact) mass is 415 g/mol. The highest BCUT2D eigenvalue weighted by Gasteiger charge is 2.15. The predicted octanol–water partition coefficient (Wildman–Crippen LogP) is 3.26. The van der Waals surface area contributed by atoms with Crippen LogP contribution in [-0.2, 0) is 0 Å². The van der Waals surface area contributed by atoms with Crippen molar-refractivity contribution in [2.75, 3.05) is 43.5 Å². The quantitative estimate of drug-likeness (QED) is 0.518. The zero-order valence-electron chi connectivity index (χ0n) is 17.7. The fourth-order valence-corrected chi connectivity index (χ4v) is 3.92. The molecule has 1 aliphatic rings. The smallest absolute Gasteiger partial charge is 0.227 e. The first kappa shape index (κ1) is 19.3. The topological polar surface area (TPSA) is 79.6 Å². The second-order valence-corrected chi connectivity index (χ2v) is 7.56. The molecule has 158 valence electrons. The normalized spacial score (nSPS) is 14.1. The third kappa shape index (κ3) is 3.77. The Kier molecular flexibility index (Phi) is 5.13. The van der Waals surface area contributed by atoms with E-state index in [9.17, 15) is 0 Å². The second kappa shape index (κ2) is 8.23. The van der Waals surface area contributed by atoms with Crippen molar-refractivity contribution in [1.29, 1.82) is 0 Å². The van der Waals surface area contributed by atoms with Gasteiger partial charge < -0.3 is 20.3 Å². The van der Waals surface area contributed by atoms with Crippen molar-refractivity contribution in [2.24, 2.45) is 0 Å². The zero-order valence-corrected chi connectivity index (χ0v) is 17.7. The molecule has 0 saturated carbocycles. The number of hydrogen-bond donors (Lipinski definition) is 2. The molecule has 5 rings (SSSR count). The van der Waals surface area contributed by atoms with Gasteiger partial charge in [-0.2, -0.15) is 5.10 Å². The number of nitrogens with zero attached hydrogens (tertiary/aromatic N) is 5. The van der Waals surface area contributed by atoms with Crippen LogP contribution < -0.4 is 20.3 Å². The number of rotatable bonds is 5. The Balaban J connectivity index is 1.46. The molecule has 31 heavy (non-hydrogen) atoms. The average molecular weight is 416 g/mol. The number of hydrogen-bond acceptors (Lipinski definition) is 7. The number of ether oxygens (including phenoxy) is 1. The summed E-state index contributed by atoms with van der Waals surface area (Å²) in [5.41, 5.74) is 5.81. The third-order valence-corrected chi connectivity index (χ3v) is 5.57. The van der Waals surface area contributed by atoms with Crippen LogP contribution in [0.4, 0.5) is 17.3 Å². The summed E-state index contributed by atoms with van der Waals surface area (Å²) in [7, 11) is 1.68. The fraction of sp³-hybridized carbons (Fsp3) is 0.261. The van der Waals surface area contributed by atoms with Crippen molar-refractivity contribution < 1.29 is 4.74 Å². The lowest BCUT2D eigenvalue weighted by atomic mass is 10.1. The fourth-order valence-electron chi connectivity index (χ4n) is 3.92. The molecule has 1 fully saturated rings. The summed E-state index contributed by atoms with van der Waals surface area (Å²) in [4.78, 5) is 11.6. The Morgan fingerprint density at radius 1 is 1.10 bits per heavy atom. The molecule has 0 atom stereocenters. The average Bonchev–Trinajstić information content (AvgIpc) is 3.25. The molecule has 1 saturated heterocycles. The molecule has 0 amide bonds. The van der Waals surface area contributed by atoms with E-state index in [1.54, 1.807) is 7.11 Å². The second-order valence-electron chi connectivity index (χ2n) is 7.56. The summed E-state index contributed by atoms with van der Waals surface area (Å²) in [6.45, 7) is 5.96. The lowest BCUT2D eigenvalue weighted by Crippen LogP contribution is -2.43.